The lowest BCUT2D eigenvalue weighted by molar-refractivity contribution is -0.137. The number of aldehydes is 1. The molecule has 0 N–H and O–H groups in total. The zero-order chi connectivity index (χ0) is 12.2. The molecule has 0 atom stereocenters. The summed E-state index contributed by atoms with van der Waals surface area (Å²) in [6, 6.07) is 4.46. The van der Waals surface area contributed by atoms with Crippen LogP contribution in [0.1, 0.15) is 11.1 Å². The third kappa shape index (κ3) is 3.34. The van der Waals surface area contributed by atoms with E-state index in [-0.39, 0.29) is 11.8 Å². The predicted molar refractivity (Wildman–Crippen MR) is 51.5 cm³/mol. The Bertz CT molecular complexity index is 433. The molecule has 1 rings (SSSR count). The van der Waals surface area contributed by atoms with E-state index in [1.165, 1.54) is 12.1 Å². The van der Waals surface area contributed by atoms with E-state index in [1.54, 1.807) is 0 Å². The second-order valence-electron chi connectivity index (χ2n) is 2.98. The van der Waals surface area contributed by atoms with Gasteiger partial charge in [0.25, 0.3) is 0 Å². The highest BCUT2D eigenvalue weighted by Crippen LogP contribution is 2.29. The van der Waals surface area contributed by atoms with Crippen LogP contribution in [0.4, 0.5) is 13.2 Å². The highest BCUT2D eigenvalue weighted by molar-refractivity contribution is 6.31. The number of halogens is 3. The maximum atomic E-state index is 12.3. The van der Waals surface area contributed by atoms with E-state index in [0.29, 0.717) is 0 Å². The smallest absolute Gasteiger partial charge is 0.294 e. The van der Waals surface area contributed by atoms with Crippen LogP contribution in [0.15, 0.2) is 30.3 Å². The fourth-order valence-corrected chi connectivity index (χ4v) is 1.04. The zero-order valence-corrected chi connectivity index (χ0v) is 7.99. The van der Waals surface area contributed by atoms with Crippen LogP contribution in [-0.2, 0) is 15.8 Å². The van der Waals surface area contributed by atoms with Gasteiger partial charge in [0.15, 0.2) is 6.29 Å². The molecule has 0 radical (unpaired) electrons. The SMILES string of the molecule is O=CC(=O)C=Cc1cccc(C(F)(F)F)c1. The Kier molecular flexibility index (Phi) is 3.60. The van der Waals surface area contributed by atoms with Gasteiger partial charge >= 0.3 is 6.18 Å². The number of hydrogen-bond donors (Lipinski definition) is 0. The Morgan fingerprint density at radius 3 is 2.50 bits per heavy atom. The van der Waals surface area contributed by atoms with E-state index in [4.69, 9.17) is 0 Å². The third-order valence-electron chi connectivity index (χ3n) is 1.77. The zero-order valence-electron chi connectivity index (χ0n) is 7.99. The maximum absolute atomic E-state index is 12.3. The molecule has 0 saturated heterocycles. The molecule has 0 aliphatic heterocycles. The minimum atomic E-state index is -4.42. The highest BCUT2D eigenvalue weighted by Gasteiger charge is 2.30. The van der Waals surface area contributed by atoms with Gasteiger partial charge in [0.2, 0.25) is 5.78 Å². The van der Waals surface area contributed by atoms with Crippen LogP contribution in [-0.4, -0.2) is 12.1 Å². The van der Waals surface area contributed by atoms with Crippen LogP contribution in [0, 0.1) is 0 Å². The van der Waals surface area contributed by atoms with Crippen molar-refractivity contribution in [3.8, 4) is 0 Å². The number of hydrogen-bond acceptors (Lipinski definition) is 2. The fourth-order valence-electron chi connectivity index (χ4n) is 1.04. The van der Waals surface area contributed by atoms with Crippen molar-refractivity contribution in [1.29, 1.82) is 0 Å². The lowest BCUT2D eigenvalue weighted by Gasteiger charge is -2.06. The predicted octanol–water partition coefficient (Wildman–Crippen LogP) is 2.49. The van der Waals surface area contributed by atoms with Gasteiger partial charge < -0.3 is 0 Å². The molecule has 5 heteroatoms. The number of ketones is 1. The van der Waals surface area contributed by atoms with Gasteiger partial charge in [-0.1, -0.05) is 18.2 Å². The van der Waals surface area contributed by atoms with Gasteiger partial charge in [-0.25, -0.2) is 0 Å². The van der Waals surface area contributed by atoms with E-state index in [1.807, 2.05) is 0 Å². The third-order valence-corrected chi connectivity index (χ3v) is 1.77. The van der Waals surface area contributed by atoms with Crippen molar-refractivity contribution in [1.82, 2.24) is 0 Å². The van der Waals surface area contributed by atoms with Gasteiger partial charge in [-0.15, -0.1) is 0 Å². The molecule has 0 aliphatic rings. The summed E-state index contributed by atoms with van der Waals surface area (Å²) in [6.07, 6.45) is -2.25. The molecule has 0 fully saturated rings. The first-order chi connectivity index (χ1) is 7.43. The standard InChI is InChI=1S/C11H7F3O2/c12-11(13,14)9-3-1-2-8(6-9)4-5-10(16)7-15/h1-7H. The molecule has 0 saturated carbocycles. The highest BCUT2D eigenvalue weighted by atomic mass is 19.4. The number of carbonyl (C=O) groups is 2. The summed E-state index contributed by atoms with van der Waals surface area (Å²) in [7, 11) is 0. The van der Waals surface area contributed by atoms with Crippen LogP contribution >= 0.6 is 0 Å². The van der Waals surface area contributed by atoms with Gasteiger partial charge in [0, 0.05) is 0 Å². The number of alkyl halides is 3. The number of allylic oxidation sites excluding steroid dienone is 1. The first kappa shape index (κ1) is 12.2. The molecule has 0 aromatic heterocycles. The maximum Gasteiger partial charge on any atom is 0.416 e. The molecule has 1 aromatic carbocycles. The summed E-state index contributed by atoms with van der Waals surface area (Å²) in [5, 5.41) is 0. The Balaban J connectivity index is 2.96. The Morgan fingerprint density at radius 1 is 1.25 bits per heavy atom. The van der Waals surface area contributed by atoms with Crippen LogP contribution in [0.3, 0.4) is 0 Å². The molecule has 0 heterocycles. The number of benzene rings is 1. The first-order valence-electron chi connectivity index (χ1n) is 4.28. The van der Waals surface area contributed by atoms with E-state index in [0.717, 1.165) is 24.3 Å². The van der Waals surface area contributed by atoms with Crippen molar-refractivity contribution in [3.63, 3.8) is 0 Å². The van der Waals surface area contributed by atoms with Crippen molar-refractivity contribution < 1.29 is 22.8 Å². The minimum Gasteiger partial charge on any atom is -0.294 e. The molecule has 1 aromatic rings. The van der Waals surface area contributed by atoms with Crippen molar-refractivity contribution in [2.45, 2.75) is 6.18 Å². The topological polar surface area (TPSA) is 34.1 Å². The Morgan fingerprint density at radius 2 is 1.94 bits per heavy atom. The Labute approximate surface area is 89.4 Å². The van der Waals surface area contributed by atoms with E-state index >= 15 is 0 Å². The van der Waals surface area contributed by atoms with E-state index in [9.17, 15) is 22.8 Å². The normalized spacial score (nSPS) is 11.7. The van der Waals surface area contributed by atoms with Crippen molar-refractivity contribution >= 4 is 18.1 Å². The summed E-state index contributed by atoms with van der Waals surface area (Å²) in [6.45, 7) is 0. The monoisotopic (exact) mass is 228 g/mol. The molecule has 84 valence electrons. The van der Waals surface area contributed by atoms with Crippen molar-refractivity contribution in [2.75, 3.05) is 0 Å². The molecular weight excluding hydrogens is 221 g/mol. The van der Waals surface area contributed by atoms with Crippen LogP contribution in [0.25, 0.3) is 6.08 Å². The average Bonchev–Trinajstić information content (AvgIpc) is 2.25. The van der Waals surface area contributed by atoms with E-state index in [2.05, 4.69) is 0 Å². The van der Waals surface area contributed by atoms with Gasteiger partial charge in [0.1, 0.15) is 0 Å². The molecule has 0 bridgehead atoms. The van der Waals surface area contributed by atoms with E-state index < -0.39 is 17.5 Å². The molecule has 16 heavy (non-hydrogen) atoms. The van der Waals surface area contributed by atoms with Crippen LogP contribution in [0.2, 0.25) is 0 Å². The molecular formula is C11H7F3O2. The molecule has 0 spiro atoms. The van der Waals surface area contributed by atoms with Gasteiger partial charge in [-0.05, 0) is 23.8 Å². The first-order valence-corrected chi connectivity index (χ1v) is 4.28. The Hall–Kier alpha value is -1.91. The summed E-state index contributed by atoms with van der Waals surface area (Å²) in [5.41, 5.74) is -0.585. The summed E-state index contributed by atoms with van der Waals surface area (Å²) in [5.74, 6) is -0.794. The molecule has 0 amide bonds. The molecule has 0 unspecified atom stereocenters. The van der Waals surface area contributed by atoms with Crippen molar-refractivity contribution in [2.24, 2.45) is 0 Å². The largest absolute Gasteiger partial charge is 0.416 e. The quantitative estimate of drug-likeness (QED) is 0.452. The number of rotatable bonds is 3. The van der Waals surface area contributed by atoms with Gasteiger partial charge in [-0.2, -0.15) is 13.2 Å². The fraction of sp³-hybridized carbons (Fsp3) is 0.0909. The summed E-state index contributed by atoms with van der Waals surface area (Å²) in [4.78, 5) is 20.6. The number of carbonyl (C=O) groups excluding carboxylic acids is 2. The summed E-state index contributed by atoms with van der Waals surface area (Å²) < 4.78 is 36.9. The molecule has 0 aliphatic carbocycles. The second kappa shape index (κ2) is 4.74. The van der Waals surface area contributed by atoms with Gasteiger partial charge in [0.05, 0.1) is 5.56 Å². The lowest BCUT2D eigenvalue weighted by Crippen LogP contribution is -2.04. The average molecular weight is 228 g/mol. The van der Waals surface area contributed by atoms with Crippen LogP contribution in [0.5, 0.6) is 0 Å². The van der Waals surface area contributed by atoms with Crippen LogP contribution < -0.4 is 0 Å². The van der Waals surface area contributed by atoms with Gasteiger partial charge in [-0.3, -0.25) is 9.59 Å². The lowest BCUT2D eigenvalue weighted by atomic mass is 10.1. The second-order valence-corrected chi connectivity index (χ2v) is 2.98. The van der Waals surface area contributed by atoms with Crippen molar-refractivity contribution in [3.05, 3.63) is 41.5 Å². The summed E-state index contributed by atoms with van der Waals surface area (Å²) >= 11 is 0. The minimum absolute atomic E-state index is 0.0874. The molecule has 2 nitrogen and oxygen atoms in total.